The Bertz CT molecular complexity index is 822. The van der Waals surface area contributed by atoms with Crippen molar-refractivity contribution in [1.29, 1.82) is 0 Å². The summed E-state index contributed by atoms with van der Waals surface area (Å²) in [6.45, 7) is 1.94. The molecule has 1 amide bonds. The Hall–Kier alpha value is -2.01. The highest BCUT2D eigenvalue weighted by atomic mass is 32.2. The first kappa shape index (κ1) is 23.6. The van der Waals surface area contributed by atoms with E-state index in [0.717, 1.165) is 44.8 Å². The number of carbonyl (C=O) groups is 1. The third kappa shape index (κ3) is 6.99. The van der Waals surface area contributed by atoms with Crippen LogP contribution in [0.1, 0.15) is 45.4 Å². The SMILES string of the molecule is C[C@H](CF)OC(=O)N1CCC(OC2CCC(Oc3cnc(S(C)(=O)=O)cn3)CC2)CC1. The quantitative estimate of drug-likeness (QED) is 0.612. The molecule has 1 atom stereocenters. The van der Waals surface area contributed by atoms with Crippen LogP contribution in [0.25, 0.3) is 0 Å². The highest BCUT2D eigenvalue weighted by Gasteiger charge is 2.29. The Morgan fingerprint density at radius 1 is 1.10 bits per heavy atom. The van der Waals surface area contributed by atoms with E-state index in [9.17, 15) is 17.6 Å². The number of piperidine rings is 1. The minimum atomic E-state index is -3.38. The molecule has 0 N–H and O–H groups in total. The molecular weight excluding hydrogens is 429 g/mol. The van der Waals surface area contributed by atoms with Crippen molar-refractivity contribution in [2.24, 2.45) is 0 Å². The Kier molecular flexibility index (Phi) is 8.04. The van der Waals surface area contributed by atoms with E-state index < -0.39 is 28.7 Å². The second-order valence-corrected chi connectivity index (χ2v) is 10.1. The van der Waals surface area contributed by atoms with Crippen molar-refractivity contribution in [1.82, 2.24) is 14.9 Å². The molecule has 1 aliphatic heterocycles. The summed E-state index contributed by atoms with van der Waals surface area (Å²) in [5, 5.41) is -0.0757. The zero-order valence-electron chi connectivity index (χ0n) is 17.9. The first-order valence-electron chi connectivity index (χ1n) is 10.6. The minimum absolute atomic E-state index is 0.00709. The Labute approximate surface area is 182 Å². The van der Waals surface area contributed by atoms with Crippen LogP contribution in [-0.2, 0) is 19.3 Å². The molecular formula is C20H30FN3O6S. The molecule has 3 rings (SSSR count). The van der Waals surface area contributed by atoms with Crippen LogP contribution in [-0.4, -0.2) is 79.8 Å². The third-order valence-corrected chi connectivity index (χ3v) is 6.47. The van der Waals surface area contributed by atoms with Gasteiger partial charge in [-0.05, 0) is 45.4 Å². The zero-order valence-corrected chi connectivity index (χ0v) is 18.7. The van der Waals surface area contributed by atoms with Gasteiger partial charge >= 0.3 is 6.09 Å². The molecule has 9 nitrogen and oxygen atoms in total. The highest BCUT2D eigenvalue weighted by molar-refractivity contribution is 7.90. The zero-order chi connectivity index (χ0) is 22.4. The normalized spacial score (nSPS) is 23.9. The van der Waals surface area contributed by atoms with Crippen molar-refractivity contribution < 1.29 is 31.8 Å². The van der Waals surface area contributed by atoms with Gasteiger partial charge < -0.3 is 19.1 Å². The second kappa shape index (κ2) is 10.5. The number of ether oxygens (including phenoxy) is 3. The van der Waals surface area contributed by atoms with Crippen LogP contribution < -0.4 is 4.74 Å². The lowest BCUT2D eigenvalue weighted by Gasteiger charge is -2.35. The number of hydrogen-bond donors (Lipinski definition) is 0. The van der Waals surface area contributed by atoms with Crippen LogP contribution in [0.5, 0.6) is 5.88 Å². The average Bonchev–Trinajstić information content (AvgIpc) is 2.75. The van der Waals surface area contributed by atoms with Crippen molar-refractivity contribution in [3.8, 4) is 5.88 Å². The Morgan fingerprint density at radius 3 is 2.26 bits per heavy atom. The van der Waals surface area contributed by atoms with Gasteiger partial charge in [-0.1, -0.05) is 0 Å². The molecule has 174 valence electrons. The molecule has 0 radical (unpaired) electrons. The lowest BCUT2D eigenvalue weighted by Crippen LogP contribution is -2.43. The van der Waals surface area contributed by atoms with Gasteiger partial charge in [0.1, 0.15) is 18.9 Å². The number of nitrogens with zero attached hydrogens (tertiary/aromatic N) is 3. The summed E-state index contributed by atoms with van der Waals surface area (Å²) < 4.78 is 52.5. The van der Waals surface area contributed by atoms with E-state index in [-0.39, 0.29) is 23.3 Å². The highest BCUT2D eigenvalue weighted by Crippen LogP contribution is 2.27. The van der Waals surface area contributed by atoms with E-state index in [1.807, 2.05) is 0 Å². The average molecular weight is 460 g/mol. The number of likely N-dealkylation sites (tertiary alicyclic amines) is 1. The van der Waals surface area contributed by atoms with E-state index in [1.165, 1.54) is 19.3 Å². The number of sulfone groups is 1. The monoisotopic (exact) mass is 459 g/mol. The smallest absolute Gasteiger partial charge is 0.410 e. The van der Waals surface area contributed by atoms with E-state index >= 15 is 0 Å². The van der Waals surface area contributed by atoms with Crippen molar-refractivity contribution in [3.05, 3.63) is 12.4 Å². The number of carbonyl (C=O) groups excluding carboxylic acids is 1. The topological polar surface area (TPSA) is 108 Å². The lowest BCUT2D eigenvalue weighted by molar-refractivity contribution is -0.0663. The molecule has 1 aromatic rings. The summed E-state index contributed by atoms with van der Waals surface area (Å²) in [4.78, 5) is 21.5. The first-order chi connectivity index (χ1) is 14.7. The van der Waals surface area contributed by atoms with Crippen LogP contribution in [0.15, 0.2) is 17.4 Å². The lowest BCUT2D eigenvalue weighted by atomic mass is 9.94. The maximum Gasteiger partial charge on any atom is 0.410 e. The van der Waals surface area contributed by atoms with Crippen LogP contribution in [0.4, 0.5) is 9.18 Å². The summed E-state index contributed by atoms with van der Waals surface area (Å²) >= 11 is 0. The molecule has 0 bridgehead atoms. The maximum absolute atomic E-state index is 12.5. The fourth-order valence-corrected chi connectivity index (χ4v) is 4.23. The number of hydrogen-bond acceptors (Lipinski definition) is 8. The molecule has 0 aromatic carbocycles. The van der Waals surface area contributed by atoms with Crippen LogP contribution >= 0.6 is 0 Å². The fraction of sp³-hybridized carbons (Fsp3) is 0.750. The van der Waals surface area contributed by atoms with Gasteiger partial charge in [-0.3, -0.25) is 0 Å². The van der Waals surface area contributed by atoms with Crippen molar-refractivity contribution >= 4 is 15.9 Å². The number of halogens is 1. The molecule has 2 fully saturated rings. The predicted molar refractivity (Wildman–Crippen MR) is 109 cm³/mol. The van der Waals surface area contributed by atoms with Gasteiger partial charge in [-0.15, -0.1) is 0 Å². The van der Waals surface area contributed by atoms with Gasteiger partial charge in [0.25, 0.3) is 0 Å². The molecule has 31 heavy (non-hydrogen) atoms. The third-order valence-electron chi connectivity index (χ3n) is 5.50. The summed E-state index contributed by atoms with van der Waals surface area (Å²) in [7, 11) is -3.38. The molecule has 1 saturated heterocycles. The largest absolute Gasteiger partial charge is 0.473 e. The van der Waals surface area contributed by atoms with Crippen LogP contribution in [0, 0.1) is 0 Å². The number of aromatic nitrogens is 2. The predicted octanol–water partition coefficient (Wildman–Crippen LogP) is 2.55. The molecule has 2 aliphatic rings. The van der Waals surface area contributed by atoms with Crippen molar-refractivity contribution in [2.75, 3.05) is 26.0 Å². The van der Waals surface area contributed by atoms with Crippen molar-refractivity contribution in [3.63, 3.8) is 0 Å². The van der Waals surface area contributed by atoms with Gasteiger partial charge in [0, 0.05) is 19.3 Å². The molecule has 2 heterocycles. The van der Waals surface area contributed by atoms with Gasteiger partial charge in [-0.2, -0.15) is 0 Å². The Balaban J connectivity index is 1.37. The second-order valence-electron chi connectivity index (χ2n) is 8.15. The van der Waals surface area contributed by atoms with E-state index in [0.29, 0.717) is 19.0 Å². The van der Waals surface area contributed by atoms with Crippen LogP contribution in [0.3, 0.4) is 0 Å². The molecule has 1 aromatic heterocycles. The van der Waals surface area contributed by atoms with E-state index in [4.69, 9.17) is 14.2 Å². The standard InChI is InChI=1S/C20H30FN3O6S/c1-14(11-21)28-20(25)24-9-7-17(8-10-24)29-15-3-5-16(6-4-15)30-18-12-23-19(13-22-18)31(2,26)27/h12-17H,3-11H2,1-2H3/t14-,15?,16?/m1/s1. The van der Waals surface area contributed by atoms with Gasteiger partial charge in [-0.25, -0.2) is 27.6 Å². The number of amides is 1. The molecule has 0 unspecified atom stereocenters. The number of alkyl halides is 1. The summed E-state index contributed by atoms with van der Waals surface area (Å²) in [5.41, 5.74) is 0. The Morgan fingerprint density at radius 2 is 1.71 bits per heavy atom. The summed E-state index contributed by atoms with van der Waals surface area (Å²) in [6, 6.07) is 0. The summed E-state index contributed by atoms with van der Waals surface area (Å²) in [5.74, 6) is 0.318. The first-order valence-corrected chi connectivity index (χ1v) is 12.5. The van der Waals surface area contributed by atoms with Crippen molar-refractivity contribution in [2.45, 2.75) is 74.9 Å². The fourth-order valence-electron chi connectivity index (χ4n) is 3.74. The van der Waals surface area contributed by atoms with Crippen LogP contribution in [0.2, 0.25) is 0 Å². The molecule has 0 spiro atoms. The molecule has 1 saturated carbocycles. The van der Waals surface area contributed by atoms with Gasteiger partial charge in [0.2, 0.25) is 5.88 Å². The molecule has 11 heteroatoms. The minimum Gasteiger partial charge on any atom is -0.473 e. The van der Waals surface area contributed by atoms with E-state index in [1.54, 1.807) is 4.90 Å². The van der Waals surface area contributed by atoms with Gasteiger partial charge in [0.05, 0.1) is 24.6 Å². The maximum atomic E-state index is 12.5. The summed E-state index contributed by atoms with van der Waals surface area (Å²) in [6.07, 6.45) is 7.49. The van der Waals surface area contributed by atoms with Gasteiger partial charge in [0.15, 0.2) is 14.9 Å². The number of rotatable bonds is 7. The van der Waals surface area contributed by atoms with E-state index in [2.05, 4.69) is 9.97 Å². The molecule has 1 aliphatic carbocycles.